The summed E-state index contributed by atoms with van der Waals surface area (Å²) >= 11 is 12.0. The minimum atomic E-state index is -0.393. The highest BCUT2D eigenvalue weighted by Gasteiger charge is 2.35. The first-order chi connectivity index (χ1) is 12.5. The van der Waals surface area contributed by atoms with Crippen LogP contribution in [-0.2, 0) is 16.1 Å². The Morgan fingerprint density at radius 1 is 1.23 bits per heavy atom. The van der Waals surface area contributed by atoms with Gasteiger partial charge < -0.3 is 15.0 Å². The Bertz CT molecular complexity index is 824. The second kappa shape index (κ2) is 7.98. The van der Waals surface area contributed by atoms with Crippen molar-refractivity contribution in [2.75, 3.05) is 18.6 Å². The molecule has 1 N–H and O–H groups in total. The summed E-state index contributed by atoms with van der Waals surface area (Å²) in [7, 11) is 1.53. The third kappa shape index (κ3) is 4.11. The number of hydrogen-bond donors (Lipinski definition) is 1. The lowest BCUT2D eigenvalue weighted by molar-refractivity contribution is -0.126. The normalized spacial score (nSPS) is 16.7. The van der Waals surface area contributed by atoms with Gasteiger partial charge in [0.1, 0.15) is 5.75 Å². The first-order valence-electron chi connectivity index (χ1n) is 8.14. The molecule has 5 nitrogen and oxygen atoms in total. The molecule has 1 saturated heterocycles. The minimum Gasteiger partial charge on any atom is -0.495 e. The van der Waals surface area contributed by atoms with Crippen LogP contribution in [0.4, 0.5) is 5.69 Å². The van der Waals surface area contributed by atoms with Crippen LogP contribution in [0.2, 0.25) is 10.0 Å². The van der Waals surface area contributed by atoms with Crippen LogP contribution >= 0.6 is 23.2 Å². The van der Waals surface area contributed by atoms with Gasteiger partial charge in [0.15, 0.2) is 0 Å². The van der Waals surface area contributed by atoms with Crippen LogP contribution in [0.1, 0.15) is 12.0 Å². The number of nitrogens with one attached hydrogen (secondary N) is 1. The largest absolute Gasteiger partial charge is 0.495 e. The maximum atomic E-state index is 12.4. The van der Waals surface area contributed by atoms with Crippen molar-refractivity contribution in [1.29, 1.82) is 0 Å². The Labute approximate surface area is 161 Å². The van der Waals surface area contributed by atoms with E-state index in [1.807, 2.05) is 12.1 Å². The van der Waals surface area contributed by atoms with E-state index in [1.54, 1.807) is 35.2 Å². The molecule has 0 spiro atoms. The van der Waals surface area contributed by atoms with Gasteiger partial charge in [-0.3, -0.25) is 9.59 Å². The number of methoxy groups -OCH3 is 1. The number of benzene rings is 2. The van der Waals surface area contributed by atoms with Crippen molar-refractivity contribution < 1.29 is 14.3 Å². The Balaban J connectivity index is 1.62. The molecule has 136 valence electrons. The average Bonchev–Trinajstić information content (AvgIpc) is 3.03. The summed E-state index contributed by atoms with van der Waals surface area (Å²) in [5.41, 5.74) is 1.61. The second-order valence-electron chi connectivity index (χ2n) is 6.07. The first kappa shape index (κ1) is 18.5. The third-order valence-electron chi connectivity index (χ3n) is 4.32. The van der Waals surface area contributed by atoms with Crippen molar-refractivity contribution in [2.24, 2.45) is 5.92 Å². The van der Waals surface area contributed by atoms with E-state index >= 15 is 0 Å². The lowest BCUT2D eigenvalue weighted by atomic mass is 10.1. The van der Waals surface area contributed by atoms with E-state index in [9.17, 15) is 9.59 Å². The smallest absolute Gasteiger partial charge is 0.227 e. The monoisotopic (exact) mass is 392 g/mol. The number of hydrogen-bond acceptors (Lipinski definition) is 3. The molecule has 2 aromatic rings. The van der Waals surface area contributed by atoms with E-state index in [-0.39, 0.29) is 18.2 Å². The summed E-state index contributed by atoms with van der Waals surface area (Å²) in [5.74, 6) is -0.0942. The highest BCUT2D eigenvalue weighted by Crippen LogP contribution is 2.32. The maximum absolute atomic E-state index is 12.4. The van der Waals surface area contributed by atoms with E-state index in [2.05, 4.69) is 5.32 Å². The first-order valence-corrected chi connectivity index (χ1v) is 8.89. The van der Waals surface area contributed by atoms with E-state index in [0.29, 0.717) is 34.6 Å². The standard InChI is InChI=1S/C19H18Cl2N2O3/c1-26-17-7-6-15(9-16(17)21)23-11-13(8-18(23)24)19(25)22-10-12-2-4-14(20)5-3-12/h2-7,9,13H,8,10-11H2,1H3,(H,22,25). The molecular formula is C19H18Cl2N2O3. The lowest BCUT2D eigenvalue weighted by Crippen LogP contribution is -2.32. The number of carbonyl (C=O) groups excluding carboxylic acids is 2. The molecule has 0 aromatic heterocycles. The summed E-state index contributed by atoms with van der Waals surface area (Å²) in [6, 6.07) is 12.4. The van der Waals surface area contributed by atoms with Crippen LogP contribution in [0.25, 0.3) is 0 Å². The van der Waals surface area contributed by atoms with Gasteiger partial charge in [-0.15, -0.1) is 0 Å². The van der Waals surface area contributed by atoms with E-state index in [4.69, 9.17) is 27.9 Å². The Morgan fingerprint density at radius 3 is 2.62 bits per heavy atom. The fourth-order valence-electron chi connectivity index (χ4n) is 2.89. The Kier molecular flexibility index (Phi) is 5.69. The number of anilines is 1. The Hall–Kier alpha value is -2.24. The molecule has 1 aliphatic rings. The van der Waals surface area contributed by atoms with Gasteiger partial charge in [-0.2, -0.15) is 0 Å². The Morgan fingerprint density at radius 2 is 1.96 bits per heavy atom. The van der Waals surface area contributed by atoms with E-state index < -0.39 is 5.92 Å². The fraction of sp³-hybridized carbons (Fsp3) is 0.263. The van der Waals surface area contributed by atoms with Gasteiger partial charge >= 0.3 is 0 Å². The highest BCUT2D eigenvalue weighted by atomic mass is 35.5. The van der Waals surface area contributed by atoms with Gasteiger partial charge in [0.25, 0.3) is 0 Å². The van der Waals surface area contributed by atoms with Crippen LogP contribution in [0.3, 0.4) is 0 Å². The molecule has 0 saturated carbocycles. The molecule has 1 aliphatic heterocycles. The highest BCUT2D eigenvalue weighted by molar-refractivity contribution is 6.32. The molecule has 3 rings (SSSR count). The molecule has 1 heterocycles. The van der Waals surface area contributed by atoms with Crippen molar-refractivity contribution in [1.82, 2.24) is 5.32 Å². The zero-order chi connectivity index (χ0) is 18.7. The summed E-state index contributed by atoms with van der Waals surface area (Å²) in [6.07, 6.45) is 0.177. The van der Waals surface area contributed by atoms with Crippen molar-refractivity contribution in [3.05, 3.63) is 58.1 Å². The molecule has 26 heavy (non-hydrogen) atoms. The molecule has 0 bridgehead atoms. The van der Waals surface area contributed by atoms with Gasteiger partial charge in [-0.1, -0.05) is 35.3 Å². The number of nitrogens with zero attached hydrogens (tertiary/aromatic N) is 1. The molecule has 1 atom stereocenters. The van der Waals surface area contributed by atoms with Crippen LogP contribution in [0.15, 0.2) is 42.5 Å². The summed E-state index contributed by atoms with van der Waals surface area (Å²) in [5, 5.41) is 3.95. The number of halogens is 2. The van der Waals surface area contributed by atoms with Crippen LogP contribution in [0, 0.1) is 5.92 Å². The SMILES string of the molecule is COc1ccc(N2CC(C(=O)NCc3ccc(Cl)cc3)CC2=O)cc1Cl. The molecule has 0 radical (unpaired) electrons. The van der Waals surface area contributed by atoms with Crippen LogP contribution in [0.5, 0.6) is 5.75 Å². The lowest BCUT2D eigenvalue weighted by Gasteiger charge is -2.18. The third-order valence-corrected chi connectivity index (χ3v) is 4.87. The summed E-state index contributed by atoms with van der Waals surface area (Å²) in [4.78, 5) is 26.3. The predicted molar refractivity (Wildman–Crippen MR) is 102 cm³/mol. The predicted octanol–water partition coefficient (Wildman–Crippen LogP) is 3.67. The van der Waals surface area contributed by atoms with Crippen molar-refractivity contribution in [3.63, 3.8) is 0 Å². The van der Waals surface area contributed by atoms with Gasteiger partial charge in [-0.25, -0.2) is 0 Å². The minimum absolute atomic E-state index is 0.0992. The number of ether oxygens (including phenoxy) is 1. The molecule has 7 heteroatoms. The summed E-state index contributed by atoms with van der Waals surface area (Å²) in [6.45, 7) is 0.725. The quantitative estimate of drug-likeness (QED) is 0.844. The van der Waals surface area contributed by atoms with Crippen LogP contribution < -0.4 is 15.0 Å². The van der Waals surface area contributed by atoms with Gasteiger partial charge in [0.2, 0.25) is 11.8 Å². The van der Waals surface area contributed by atoms with Crippen molar-refractivity contribution >= 4 is 40.7 Å². The number of amides is 2. The molecule has 1 fully saturated rings. The number of rotatable bonds is 5. The zero-order valence-electron chi connectivity index (χ0n) is 14.2. The fourth-order valence-corrected chi connectivity index (χ4v) is 3.27. The van der Waals surface area contributed by atoms with Crippen molar-refractivity contribution in [2.45, 2.75) is 13.0 Å². The molecular weight excluding hydrogens is 375 g/mol. The van der Waals surface area contributed by atoms with Gasteiger partial charge in [0.05, 0.1) is 18.1 Å². The molecule has 0 aliphatic carbocycles. The van der Waals surface area contributed by atoms with E-state index in [1.165, 1.54) is 7.11 Å². The van der Waals surface area contributed by atoms with Gasteiger partial charge in [-0.05, 0) is 35.9 Å². The van der Waals surface area contributed by atoms with E-state index in [0.717, 1.165) is 5.56 Å². The average molecular weight is 393 g/mol. The summed E-state index contributed by atoms with van der Waals surface area (Å²) < 4.78 is 5.12. The van der Waals surface area contributed by atoms with Gasteiger partial charge in [0, 0.05) is 30.2 Å². The molecule has 2 amide bonds. The van der Waals surface area contributed by atoms with Crippen molar-refractivity contribution in [3.8, 4) is 5.75 Å². The zero-order valence-corrected chi connectivity index (χ0v) is 15.7. The maximum Gasteiger partial charge on any atom is 0.227 e. The topological polar surface area (TPSA) is 58.6 Å². The number of carbonyl (C=O) groups is 2. The second-order valence-corrected chi connectivity index (χ2v) is 6.91. The molecule has 2 aromatic carbocycles. The van der Waals surface area contributed by atoms with Crippen LogP contribution in [-0.4, -0.2) is 25.5 Å². The molecule has 1 unspecified atom stereocenters.